The molecule has 1 fully saturated rings. The van der Waals surface area contributed by atoms with Gasteiger partial charge in [-0.1, -0.05) is 12.1 Å². The third-order valence-corrected chi connectivity index (χ3v) is 5.77. The monoisotopic (exact) mass is 445 g/mol. The fourth-order valence-electron chi connectivity index (χ4n) is 4.01. The Kier molecular flexibility index (Phi) is 6.95. The number of pyridine rings is 2. The van der Waals surface area contributed by atoms with Gasteiger partial charge in [-0.15, -0.1) is 0 Å². The van der Waals surface area contributed by atoms with E-state index in [-0.39, 0.29) is 17.9 Å². The van der Waals surface area contributed by atoms with Crippen LogP contribution in [0.15, 0.2) is 60.9 Å². The van der Waals surface area contributed by atoms with E-state index in [1.807, 2.05) is 48.7 Å². The lowest BCUT2D eigenvalue weighted by molar-refractivity contribution is -0.117. The second-order valence-corrected chi connectivity index (χ2v) is 7.89. The predicted molar refractivity (Wildman–Crippen MR) is 126 cm³/mol. The zero-order valence-electron chi connectivity index (χ0n) is 18.7. The van der Waals surface area contributed by atoms with Crippen molar-refractivity contribution in [2.75, 3.05) is 32.6 Å². The van der Waals surface area contributed by atoms with Gasteiger partial charge in [0.25, 0.3) is 5.91 Å². The molecule has 0 aliphatic carbocycles. The van der Waals surface area contributed by atoms with Gasteiger partial charge >= 0.3 is 0 Å². The third-order valence-electron chi connectivity index (χ3n) is 5.77. The summed E-state index contributed by atoms with van der Waals surface area (Å²) in [5, 5.41) is 5.51. The van der Waals surface area contributed by atoms with Gasteiger partial charge in [0.05, 0.1) is 25.4 Å². The molecular weight excluding hydrogens is 418 g/mol. The summed E-state index contributed by atoms with van der Waals surface area (Å²) in [5.41, 5.74) is 3.89. The average molecular weight is 446 g/mol. The number of benzene rings is 1. The molecule has 33 heavy (non-hydrogen) atoms. The summed E-state index contributed by atoms with van der Waals surface area (Å²) in [7, 11) is 3.19. The molecule has 2 N–H and O–H groups in total. The first kappa shape index (κ1) is 22.4. The molecule has 3 heterocycles. The van der Waals surface area contributed by atoms with Crippen molar-refractivity contribution >= 4 is 17.5 Å². The molecule has 0 saturated carbocycles. The van der Waals surface area contributed by atoms with Crippen LogP contribution in [0.5, 0.6) is 5.75 Å². The summed E-state index contributed by atoms with van der Waals surface area (Å²) in [6.45, 7) is 1.17. The minimum atomic E-state index is -0.215. The zero-order valence-corrected chi connectivity index (χ0v) is 18.7. The standard InChI is InChI=1S/C25H27N5O3/c1-26-25(32)22-12-6-18(15-28-22)17-5-11-21(27-14-17)23-4-3-13-30(23)16-24(31)29-19-7-9-20(33-2)10-8-19/h5-12,14-15,23H,3-4,13,16H2,1-2H3,(H,26,32)(H,29,31)/t23-/m1/s1. The number of ether oxygens (including phenoxy) is 1. The lowest BCUT2D eigenvalue weighted by atomic mass is 10.1. The first-order chi connectivity index (χ1) is 16.1. The Hall–Kier alpha value is -3.78. The highest BCUT2D eigenvalue weighted by atomic mass is 16.5. The molecule has 1 atom stereocenters. The van der Waals surface area contributed by atoms with Gasteiger partial charge in [0, 0.05) is 36.3 Å². The van der Waals surface area contributed by atoms with E-state index in [1.54, 1.807) is 26.4 Å². The van der Waals surface area contributed by atoms with E-state index in [0.29, 0.717) is 12.2 Å². The fourth-order valence-corrected chi connectivity index (χ4v) is 4.01. The van der Waals surface area contributed by atoms with Crippen LogP contribution >= 0.6 is 0 Å². The molecule has 1 saturated heterocycles. The second-order valence-electron chi connectivity index (χ2n) is 7.89. The van der Waals surface area contributed by atoms with Crippen molar-refractivity contribution in [3.63, 3.8) is 0 Å². The van der Waals surface area contributed by atoms with Crippen LogP contribution in [0.25, 0.3) is 11.1 Å². The normalized spacial score (nSPS) is 15.8. The van der Waals surface area contributed by atoms with E-state index in [0.717, 1.165) is 47.6 Å². The summed E-state index contributed by atoms with van der Waals surface area (Å²) >= 11 is 0. The molecule has 1 aromatic carbocycles. The fraction of sp³-hybridized carbons (Fsp3) is 0.280. The van der Waals surface area contributed by atoms with E-state index in [9.17, 15) is 9.59 Å². The molecule has 4 rings (SSSR count). The molecule has 2 amide bonds. The maximum absolute atomic E-state index is 12.6. The Morgan fingerprint density at radius 1 is 1.03 bits per heavy atom. The highest BCUT2D eigenvalue weighted by molar-refractivity contribution is 5.92. The molecular formula is C25H27N5O3. The number of aromatic nitrogens is 2. The number of likely N-dealkylation sites (tertiary alicyclic amines) is 1. The lowest BCUT2D eigenvalue weighted by Gasteiger charge is -2.23. The van der Waals surface area contributed by atoms with Gasteiger partial charge in [-0.25, -0.2) is 0 Å². The third kappa shape index (κ3) is 5.35. The summed E-state index contributed by atoms with van der Waals surface area (Å²) in [6.07, 6.45) is 5.48. The van der Waals surface area contributed by atoms with Crippen LogP contribution in [0.3, 0.4) is 0 Å². The summed E-state index contributed by atoms with van der Waals surface area (Å²) < 4.78 is 5.15. The van der Waals surface area contributed by atoms with Gasteiger partial charge in [-0.2, -0.15) is 0 Å². The average Bonchev–Trinajstić information content (AvgIpc) is 3.32. The van der Waals surface area contributed by atoms with Crippen molar-refractivity contribution in [1.82, 2.24) is 20.2 Å². The minimum Gasteiger partial charge on any atom is -0.497 e. The molecule has 1 aliphatic rings. The number of nitrogens with zero attached hydrogens (tertiary/aromatic N) is 3. The smallest absolute Gasteiger partial charge is 0.269 e. The summed E-state index contributed by atoms with van der Waals surface area (Å²) in [4.78, 5) is 35.3. The predicted octanol–water partition coefficient (Wildman–Crippen LogP) is 3.29. The Morgan fingerprint density at radius 2 is 1.76 bits per heavy atom. The Morgan fingerprint density at radius 3 is 2.36 bits per heavy atom. The number of amides is 2. The molecule has 0 spiro atoms. The van der Waals surface area contributed by atoms with Crippen molar-refractivity contribution in [1.29, 1.82) is 0 Å². The minimum absolute atomic E-state index is 0.0500. The SMILES string of the molecule is CNC(=O)c1ccc(-c2ccc([C@H]3CCCN3CC(=O)Nc3ccc(OC)cc3)nc2)cn1. The number of rotatable bonds is 7. The summed E-state index contributed by atoms with van der Waals surface area (Å²) in [6, 6.07) is 15.0. The van der Waals surface area contributed by atoms with Crippen molar-refractivity contribution in [3.8, 4) is 16.9 Å². The van der Waals surface area contributed by atoms with Crippen molar-refractivity contribution < 1.29 is 14.3 Å². The quantitative estimate of drug-likeness (QED) is 0.579. The highest BCUT2D eigenvalue weighted by Crippen LogP contribution is 2.31. The molecule has 0 radical (unpaired) electrons. The molecule has 0 bridgehead atoms. The van der Waals surface area contributed by atoms with E-state index in [2.05, 4.69) is 25.5 Å². The Labute approximate surface area is 193 Å². The number of nitrogens with one attached hydrogen (secondary N) is 2. The Balaban J connectivity index is 1.39. The number of carbonyl (C=O) groups is 2. The van der Waals surface area contributed by atoms with Crippen LogP contribution in [-0.4, -0.2) is 53.9 Å². The van der Waals surface area contributed by atoms with Crippen LogP contribution < -0.4 is 15.4 Å². The molecule has 0 unspecified atom stereocenters. The molecule has 1 aliphatic heterocycles. The van der Waals surface area contributed by atoms with E-state index >= 15 is 0 Å². The van der Waals surface area contributed by atoms with Crippen molar-refractivity contribution in [2.45, 2.75) is 18.9 Å². The maximum atomic E-state index is 12.6. The second kappa shape index (κ2) is 10.2. The number of hydrogen-bond donors (Lipinski definition) is 2. The first-order valence-electron chi connectivity index (χ1n) is 10.9. The van der Waals surface area contributed by atoms with Crippen LogP contribution in [0.2, 0.25) is 0 Å². The van der Waals surface area contributed by atoms with Gasteiger partial charge < -0.3 is 15.4 Å². The molecule has 170 valence electrons. The topological polar surface area (TPSA) is 96.5 Å². The van der Waals surface area contributed by atoms with Gasteiger partial charge in [-0.3, -0.25) is 24.5 Å². The van der Waals surface area contributed by atoms with Crippen LogP contribution in [0.4, 0.5) is 5.69 Å². The summed E-state index contributed by atoms with van der Waals surface area (Å²) in [5.74, 6) is 0.485. The van der Waals surface area contributed by atoms with Crippen molar-refractivity contribution in [3.05, 3.63) is 72.3 Å². The van der Waals surface area contributed by atoms with Gasteiger partial charge in [0.1, 0.15) is 11.4 Å². The zero-order chi connectivity index (χ0) is 23.2. The van der Waals surface area contributed by atoms with E-state index in [4.69, 9.17) is 4.74 Å². The van der Waals surface area contributed by atoms with Crippen LogP contribution in [-0.2, 0) is 4.79 Å². The van der Waals surface area contributed by atoms with Gasteiger partial charge in [0.15, 0.2) is 0 Å². The van der Waals surface area contributed by atoms with Crippen LogP contribution in [0.1, 0.15) is 35.1 Å². The maximum Gasteiger partial charge on any atom is 0.269 e. The molecule has 8 nitrogen and oxygen atoms in total. The van der Waals surface area contributed by atoms with Gasteiger partial charge in [0.2, 0.25) is 5.91 Å². The van der Waals surface area contributed by atoms with Gasteiger partial charge in [-0.05, 0) is 55.8 Å². The number of methoxy groups -OCH3 is 1. The highest BCUT2D eigenvalue weighted by Gasteiger charge is 2.28. The first-order valence-corrected chi connectivity index (χ1v) is 10.9. The Bertz CT molecular complexity index is 1100. The van der Waals surface area contributed by atoms with E-state index in [1.165, 1.54) is 0 Å². The molecule has 2 aromatic heterocycles. The number of carbonyl (C=O) groups excluding carboxylic acids is 2. The number of anilines is 1. The van der Waals surface area contributed by atoms with E-state index < -0.39 is 0 Å². The van der Waals surface area contributed by atoms with Crippen molar-refractivity contribution in [2.24, 2.45) is 0 Å². The number of hydrogen-bond acceptors (Lipinski definition) is 6. The van der Waals surface area contributed by atoms with Crippen LogP contribution in [0, 0.1) is 0 Å². The molecule has 3 aromatic rings. The molecule has 8 heteroatoms. The lowest BCUT2D eigenvalue weighted by Crippen LogP contribution is -2.33. The largest absolute Gasteiger partial charge is 0.497 e.